The van der Waals surface area contributed by atoms with Crippen LogP contribution in [0.15, 0.2) is 48.7 Å². The molecule has 2 aromatic rings. The number of amides is 1. The molecule has 1 aromatic heterocycles. The van der Waals surface area contributed by atoms with Crippen molar-refractivity contribution in [2.24, 2.45) is 0 Å². The average molecular weight is 364 g/mol. The summed E-state index contributed by atoms with van der Waals surface area (Å²) in [6, 6.07) is 14.4. The van der Waals surface area contributed by atoms with Gasteiger partial charge in [-0.1, -0.05) is 39.0 Å². The second kappa shape index (κ2) is 6.99. The van der Waals surface area contributed by atoms with Gasteiger partial charge in [0.05, 0.1) is 0 Å². The standard InChI is InChI=1S/C23H28N2O2/c1-23(2,3)17-9-7-16(8-10-17)22(26)25-18-11-12-19(25)15-20(14-18)27-21-6-4-5-13-24-21/h4-10,13,18-20H,11-12,14-15H2,1-3H3. The topological polar surface area (TPSA) is 42.4 Å². The van der Waals surface area contributed by atoms with Crippen molar-refractivity contribution in [3.8, 4) is 5.88 Å². The Morgan fingerprint density at radius 2 is 1.70 bits per heavy atom. The second-order valence-electron chi connectivity index (χ2n) is 8.80. The van der Waals surface area contributed by atoms with E-state index in [1.54, 1.807) is 6.20 Å². The lowest BCUT2D eigenvalue weighted by Crippen LogP contribution is -2.49. The lowest BCUT2D eigenvalue weighted by molar-refractivity contribution is 0.0348. The van der Waals surface area contributed by atoms with E-state index in [0.717, 1.165) is 31.2 Å². The first-order chi connectivity index (χ1) is 12.9. The highest BCUT2D eigenvalue weighted by atomic mass is 16.5. The predicted molar refractivity (Wildman–Crippen MR) is 106 cm³/mol. The number of nitrogens with zero attached hydrogens (tertiary/aromatic N) is 2. The van der Waals surface area contributed by atoms with Crippen LogP contribution in [0.1, 0.15) is 62.4 Å². The summed E-state index contributed by atoms with van der Waals surface area (Å²) < 4.78 is 6.07. The zero-order valence-electron chi connectivity index (χ0n) is 16.4. The minimum absolute atomic E-state index is 0.0990. The third kappa shape index (κ3) is 3.71. The van der Waals surface area contributed by atoms with Gasteiger partial charge < -0.3 is 9.64 Å². The van der Waals surface area contributed by atoms with Crippen molar-refractivity contribution in [1.29, 1.82) is 0 Å². The van der Waals surface area contributed by atoms with E-state index in [0.29, 0.717) is 5.88 Å². The molecule has 1 aromatic carbocycles. The van der Waals surface area contributed by atoms with Gasteiger partial charge in [-0.25, -0.2) is 4.98 Å². The van der Waals surface area contributed by atoms with Crippen LogP contribution in [0, 0.1) is 0 Å². The Kier molecular flexibility index (Phi) is 4.67. The summed E-state index contributed by atoms with van der Waals surface area (Å²) in [5.74, 6) is 0.846. The molecule has 2 atom stereocenters. The van der Waals surface area contributed by atoms with Crippen LogP contribution in [0.4, 0.5) is 0 Å². The van der Waals surface area contributed by atoms with E-state index in [4.69, 9.17) is 4.74 Å². The van der Waals surface area contributed by atoms with E-state index >= 15 is 0 Å². The molecule has 2 unspecified atom stereocenters. The molecule has 0 aliphatic carbocycles. The van der Waals surface area contributed by atoms with Crippen molar-refractivity contribution < 1.29 is 9.53 Å². The van der Waals surface area contributed by atoms with Gasteiger partial charge in [-0.15, -0.1) is 0 Å². The molecule has 2 bridgehead atoms. The number of ether oxygens (including phenoxy) is 1. The van der Waals surface area contributed by atoms with Crippen molar-refractivity contribution in [1.82, 2.24) is 9.88 Å². The number of fused-ring (bicyclic) bond motifs is 2. The third-order valence-electron chi connectivity index (χ3n) is 5.85. The van der Waals surface area contributed by atoms with Crippen LogP contribution < -0.4 is 4.74 Å². The first-order valence-electron chi connectivity index (χ1n) is 9.93. The van der Waals surface area contributed by atoms with Gasteiger partial charge in [-0.2, -0.15) is 0 Å². The molecule has 2 aliphatic heterocycles. The number of hydrogen-bond donors (Lipinski definition) is 0. The van der Waals surface area contributed by atoms with Crippen molar-refractivity contribution in [2.75, 3.05) is 0 Å². The fourth-order valence-corrected chi connectivity index (χ4v) is 4.40. The molecule has 0 saturated carbocycles. The van der Waals surface area contributed by atoms with Crippen LogP contribution in [0.5, 0.6) is 5.88 Å². The molecule has 2 fully saturated rings. The molecule has 4 nitrogen and oxygen atoms in total. The highest BCUT2D eigenvalue weighted by Gasteiger charge is 2.44. The number of hydrogen-bond acceptors (Lipinski definition) is 3. The highest BCUT2D eigenvalue weighted by molar-refractivity contribution is 5.95. The maximum absolute atomic E-state index is 13.2. The molecule has 0 spiro atoms. The summed E-state index contributed by atoms with van der Waals surface area (Å²) in [6.07, 6.45) is 5.81. The van der Waals surface area contributed by atoms with Gasteiger partial charge in [-0.05, 0) is 42.0 Å². The summed E-state index contributed by atoms with van der Waals surface area (Å²) in [6.45, 7) is 6.57. The van der Waals surface area contributed by atoms with Crippen LogP contribution in [-0.4, -0.2) is 34.0 Å². The summed E-state index contributed by atoms with van der Waals surface area (Å²) >= 11 is 0. The first-order valence-corrected chi connectivity index (χ1v) is 9.93. The third-order valence-corrected chi connectivity index (χ3v) is 5.85. The van der Waals surface area contributed by atoms with Crippen LogP contribution in [0.2, 0.25) is 0 Å². The number of pyridine rings is 1. The number of rotatable bonds is 3. The maximum atomic E-state index is 13.2. The zero-order valence-corrected chi connectivity index (χ0v) is 16.4. The van der Waals surface area contributed by atoms with E-state index in [1.165, 1.54) is 5.56 Å². The molecule has 1 amide bonds. The Hall–Kier alpha value is -2.36. The lowest BCUT2D eigenvalue weighted by Gasteiger charge is -2.38. The monoisotopic (exact) mass is 364 g/mol. The van der Waals surface area contributed by atoms with Crippen molar-refractivity contribution in [3.05, 3.63) is 59.8 Å². The predicted octanol–water partition coefficient (Wildman–Crippen LogP) is 4.59. The fraction of sp³-hybridized carbons (Fsp3) is 0.478. The van der Waals surface area contributed by atoms with Crippen LogP contribution in [0.25, 0.3) is 0 Å². The van der Waals surface area contributed by atoms with E-state index < -0.39 is 0 Å². The minimum atomic E-state index is 0.0990. The fourth-order valence-electron chi connectivity index (χ4n) is 4.40. The molecule has 4 heteroatoms. The van der Waals surface area contributed by atoms with Gasteiger partial charge in [0.1, 0.15) is 6.10 Å². The summed E-state index contributed by atoms with van der Waals surface area (Å²) in [5.41, 5.74) is 2.15. The number of benzene rings is 1. The van der Waals surface area contributed by atoms with E-state index in [9.17, 15) is 4.79 Å². The molecule has 27 heavy (non-hydrogen) atoms. The summed E-state index contributed by atoms with van der Waals surface area (Å²) in [4.78, 5) is 19.5. The molecule has 2 aliphatic rings. The Morgan fingerprint density at radius 3 is 2.26 bits per heavy atom. The van der Waals surface area contributed by atoms with Crippen molar-refractivity contribution in [2.45, 2.75) is 70.1 Å². The Labute approximate surface area is 161 Å². The number of piperidine rings is 1. The molecule has 3 heterocycles. The summed E-state index contributed by atoms with van der Waals surface area (Å²) in [7, 11) is 0. The highest BCUT2D eigenvalue weighted by Crippen LogP contribution is 2.38. The Morgan fingerprint density at radius 1 is 1.04 bits per heavy atom. The smallest absolute Gasteiger partial charge is 0.254 e. The molecular weight excluding hydrogens is 336 g/mol. The lowest BCUT2D eigenvalue weighted by atomic mass is 9.86. The Balaban J connectivity index is 1.45. The van der Waals surface area contributed by atoms with E-state index in [2.05, 4.69) is 42.8 Å². The molecule has 142 valence electrons. The quantitative estimate of drug-likeness (QED) is 0.800. The molecule has 2 saturated heterocycles. The maximum Gasteiger partial charge on any atom is 0.254 e. The van der Waals surface area contributed by atoms with E-state index in [1.807, 2.05) is 30.3 Å². The van der Waals surface area contributed by atoms with Gasteiger partial charge in [-0.3, -0.25) is 4.79 Å². The van der Waals surface area contributed by atoms with Crippen LogP contribution in [0.3, 0.4) is 0 Å². The SMILES string of the molecule is CC(C)(C)c1ccc(C(=O)N2C3CCC2CC(Oc2ccccn2)C3)cc1. The zero-order chi connectivity index (χ0) is 19.0. The van der Waals surface area contributed by atoms with Crippen LogP contribution in [-0.2, 0) is 5.41 Å². The normalized spacial score (nSPS) is 24.7. The van der Waals surface area contributed by atoms with E-state index in [-0.39, 0.29) is 29.5 Å². The molecule has 4 rings (SSSR count). The largest absolute Gasteiger partial charge is 0.474 e. The average Bonchev–Trinajstić information content (AvgIpc) is 2.92. The molecular formula is C23H28N2O2. The minimum Gasteiger partial charge on any atom is -0.474 e. The van der Waals surface area contributed by atoms with Crippen LogP contribution >= 0.6 is 0 Å². The van der Waals surface area contributed by atoms with Gasteiger partial charge in [0.15, 0.2) is 0 Å². The first kappa shape index (κ1) is 18.0. The number of carbonyl (C=O) groups is 1. The van der Waals surface area contributed by atoms with Gasteiger partial charge >= 0.3 is 0 Å². The Bertz CT molecular complexity index is 781. The van der Waals surface area contributed by atoms with Crippen molar-refractivity contribution in [3.63, 3.8) is 0 Å². The van der Waals surface area contributed by atoms with Gasteiger partial charge in [0, 0.05) is 42.8 Å². The molecule has 0 N–H and O–H groups in total. The van der Waals surface area contributed by atoms with Gasteiger partial charge in [0.2, 0.25) is 5.88 Å². The number of aromatic nitrogens is 1. The molecule has 0 radical (unpaired) electrons. The van der Waals surface area contributed by atoms with Gasteiger partial charge in [0.25, 0.3) is 5.91 Å². The summed E-state index contributed by atoms with van der Waals surface area (Å²) in [5, 5.41) is 0. The second-order valence-corrected chi connectivity index (χ2v) is 8.80. The number of carbonyl (C=O) groups excluding carboxylic acids is 1. The van der Waals surface area contributed by atoms with Crippen molar-refractivity contribution >= 4 is 5.91 Å².